The second-order valence-corrected chi connectivity index (χ2v) is 5.24. The summed E-state index contributed by atoms with van der Waals surface area (Å²) < 4.78 is 12.9. The van der Waals surface area contributed by atoms with Crippen molar-refractivity contribution in [3.05, 3.63) is 47.8 Å². The lowest BCUT2D eigenvalue weighted by atomic mass is 10.0. The van der Waals surface area contributed by atoms with Gasteiger partial charge in [0.25, 0.3) is 0 Å². The average molecular weight is 291 g/mol. The summed E-state index contributed by atoms with van der Waals surface area (Å²) in [4.78, 5) is 24.5. The number of rotatable bonds is 6. The molecule has 0 fully saturated rings. The fourth-order valence-electron chi connectivity index (χ4n) is 2.42. The molecule has 5 heteroatoms. The van der Waals surface area contributed by atoms with Crippen molar-refractivity contribution in [1.29, 1.82) is 0 Å². The monoisotopic (exact) mass is 291 g/mol. The Kier molecular flexibility index (Phi) is 5.09. The maximum Gasteiger partial charge on any atom is 0.323 e. The van der Waals surface area contributed by atoms with Crippen molar-refractivity contribution in [3.8, 4) is 0 Å². The fourth-order valence-corrected chi connectivity index (χ4v) is 2.42. The number of carboxylic acids is 1. The summed E-state index contributed by atoms with van der Waals surface area (Å²) in [6.07, 6.45) is 6.28. The molecule has 1 aliphatic rings. The molecule has 0 aliphatic heterocycles. The smallest absolute Gasteiger partial charge is 0.323 e. The van der Waals surface area contributed by atoms with E-state index in [2.05, 4.69) is 0 Å². The molecule has 1 N–H and O–H groups in total. The lowest BCUT2D eigenvalue weighted by molar-refractivity contribution is -0.145. The van der Waals surface area contributed by atoms with E-state index >= 15 is 0 Å². The van der Waals surface area contributed by atoms with Crippen LogP contribution in [0.4, 0.5) is 4.39 Å². The number of nitrogens with zero attached hydrogens (tertiary/aromatic N) is 1. The molecule has 112 valence electrons. The number of carbonyl (C=O) groups is 2. The molecule has 0 bridgehead atoms. The van der Waals surface area contributed by atoms with Gasteiger partial charge in [-0.1, -0.05) is 24.3 Å². The Morgan fingerprint density at radius 2 is 2.00 bits per heavy atom. The van der Waals surface area contributed by atoms with E-state index in [1.165, 1.54) is 17.0 Å². The Morgan fingerprint density at radius 3 is 2.57 bits per heavy atom. The van der Waals surface area contributed by atoms with Gasteiger partial charge in [0.1, 0.15) is 12.4 Å². The summed E-state index contributed by atoms with van der Waals surface area (Å²) in [5.41, 5.74) is 0.716. The van der Waals surface area contributed by atoms with Gasteiger partial charge in [0, 0.05) is 13.0 Å². The van der Waals surface area contributed by atoms with Crippen LogP contribution in [0.25, 0.3) is 0 Å². The Morgan fingerprint density at radius 1 is 1.29 bits per heavy atom. The van der Waals surface area contributed by atoms with Crippen LogP contribution in [0.1, 0.15) is 24.8 Å². The van der Waals surface area contributed by atoms with Crippen molar-refractivity contribution in [1.82, 2.24) is 4.90 Å². The zero-order valence-electron chi connectivity index (χ0n) is 11.7. The Hall–Kier alpha value is -2.17. The molecule has 1 atom stereocenters. The predicted octanol–water partition coefficient (Wildman–Crippen LogP) is 2.60. The highest BCUT2D eigenvalue weighted by Gasteiger charge is 2.21. The zero-order valence-corrected chi connectivity index (χ0v) is 11.7. The van der Waals surface area contributed by atoms with Crippen molar-refractivity contribution < 1.29 is 19.1 Å². The van der Waals surface area contributed by atoms with Crippen LogP contribution in [-0.2, 0) is 16.1 Å². The molecule has 21 heavy (non-hydrogen) atoms. The third-order valence-corrected chi connectivity index (χ3v) is 3.51. The third-order valence-electron chi connectivity index (χ3n) is 3.51. The number of halogens is 1. The van der Waals surface area contributed by atoms with Crippen molar-refractivity contribution in [2.45, 2.75) is 25.8 Å². The van der Waals surface area contributed by atoms with Gasteiger partial charge in [0.05, 0.1) is 0 Å². The molecular weight excluding hydrogens is 273 g/mol. The lowest BCUT2D eigenvalue weighted by Crippen LogP contribution is -2.35. The van der Waals surface area contributed by atoms with Gasteiger partial charge < -0.3 is 10.0 Å². The minimum Gasteiger partial charge on any atom is -0.480 e. The van der Waals surface area contributed by atoms with Crippen LogP contribution in [0, 0.1) is 11.7 Å². The minimum atomic E-state index is -1.05. The summed E-state index contributed by atoms with van der Waals surface area (Å²) >= 11 is 0. The van der Waals surface area contributed by atoms with Crippen LogP contribution in [0.5, 0.6) is 0 Å². The van der Waals surface area contributed by atoms with Crippen molar-refractivity contribution >= 4 is 11.9 Å². The first-order valence-electron chi connectivity index (χ1n) is 6.95. The van der Waals surface area contributed by atoms with Crippen molar-refractivity contribution in [3.63, 3.8) is 0 Å². The number of benzene rings is 1. The molecule has 0 radical (unpaired) electrons. The molecule has 4 nitrogen and oxygen atoms in total. The standard InChI is InChI=1S/C16H18FNO3/c17-14-7-5-13(6-8-14)10-18(11-16(20)21)15(19)9-12-3-1-2-4-12/h1,3,5-8,12H,2,4,9-11H2,(H,20,21). The maximum absolute atomic E-state index is 12.9. The summed E-state index contributed by atoms with van der Waals surface area (Å²) in [6, 6.07) is 5.73. The Balaban J connectivity index is 2.02. The van der Waals surface area contributed by atoms with Crippen LogP contribution in [-0.4, -0.2) is 28.4 Å². The number of amides is 1. The fraction of sp³-hybridized carbons (Fsp3) is 0.375. The van der Waals surface area contributed by atoms with Crippen LogP contribution >= 0.6 is 0 Å². The topological polar surface area (TPSA) is 57.6 Å². The van der Waals surface area contributed by atoms with E-state index in [1.54, 1.807) is 12.1 Å². The maximum atomic E-state index is 12.9. The molecule has 1 amide bonds. The SMILES string of the molecule is O=C(O)CN(Cc1ccc(F)cc1)C(=O)CC1C=CCC1. The molecule has 0 saturated heterocycles. The first kappa shape index (κ1) is 15.2. The highest BCUT2D eigenvalue weighted by Crippen LogP contribution is 2.21. The summed E-state index contributed by atoms with van der Waals surface area (Å²) in [5.74, 6) is -1.39. The number of hydrogen-bond acceptors (Lipinski definition) is 2. The molecule has 1 aromatic carbocycles. The summed E-state index contributed by atoms with van der Waals surface area (Å²) in [6.45, 7) is -0.158. The average Bonchev–Trinajstić information content (AvgIpc) is 2.93. The van der Waals surface area contributed by atoms with E-state index in [0.29, 0.717) is 12.0 Å². The van der Waals surface area contributed by atoms with Crippen molar-refractivity contribution in [2.75, 3.05) is 6.54 Å². The Bertz CT molecular complexity index is 539. The van der Waals surface area contributed by atoms with E-state index < -0.39 is 5.97 Å². The highest BCUT2D eigenvalue weighted by molar-refractivity contribution is 5.81. The molecule has 1 aliphatic carbocycles. The van der Waals surface area contributed by atoms with Crippen LogP contribution in [0.3, 0.4) is 0 Å². The largest absolute Gasteiger partial charge is 0.480 e. The van der Waals surface area contributed by atoms with E-state index in [9.17, 15) is 14.0 Å². The first-order chi connectivity index (χ1) is 10.0. The van der Waals surface area contributed by atoms with Gasteiger partial charge in [-0.05, 0) is 36.5 Å². The van der Waals surface area contributed by atoms with E-state index in [4.69, 9.17) is 5.11 Å². The Labute approximate surface area is 122 Å². The van der Waals surface area contributed by atoms with Gasteiger partial charge >= 0.3 is 5.97 Å². The number of aliphatic carboxylic acids is 1. The summed E-state index contributed by atoms with van der Waals surface area (Å²) in [7, 11) is 0. The quantitative estimate of drug-likeness (QED) is 0.820. The second-order valence-electron chi connectivity index (χ2n) is 5.24. The van der Waals surface area contributed by atoms with Gasteiger partial charge in [0.2, 0.25) is 5.91 Å². The second kappa shape index (κ2) is 7.02. The molecule has 0 saturated carbocycles. The summed E-state index contributed by atoms with van der Waals surface area (Å²) in [5, 5.41) is 8.95. The first-order valence-corrected chi connectivity index (χ1v) is 6.95. The molecule has 0 spiro atoms. The third kappa shape index (κ3) is 4.70. The van der Waals surface area contributed by atoms with E-state index in [1.807, 2.05) is 12.2 Å². The molecule has 1 aromatic rings. The highest BCUT2D eigenvalue weighted by atomic mass is 19.1. The normalized spacial score (nSPS) is 16.9. The number of carboxylic acid groups (broad SMARTS) is 1. The van der Waals surface area contributed by atoms with Crippen molar-refractivity contribution in [2.24, 2.45) is 5.92 Å². The lowest BCUT2D eigenvalue weighted by Gasteiger charge is -2.22. The van der Waals surface area contributed by atoms with Crippen LogP contribution in [0.15, 0.2) is 36.4 Å². The van der Waals surface area contributed by atoms with Gasteiger partial charge in [0.15, 0.2) is 0 Å². The van der Waals surface area contributed by atoms with Gasteiger partial charge in [-0.3, -0.25) is 9.59 Å². The van der Waals surface area contributed by atoms with Gasteiger partial charge in [-0.25, -0.2) is 4.39 Å². The molecule has 2 rings (SSSR count). The molecule has 0 aromatic heterocycles. The predicted molar refractivity (Wildman–Crippen MR) is 75.9 cm³/mol. The van der Waals surface area contributed by atoms with Gasteiger partial charge in [-0.15, -0.1) is 0 Å². The van der Waals surface area contributed by atoms with Crippen LogP contribution in [0.2, 0.25) is 0 Å². The molecule has 0 heterocycles. The number of carbonyl (C=O) groups excluding carboxylic acids is 1. The number of hydrogen-bond donors (Lipinski definition) is 1. The zero-order chi connectivity index (χ0) is 15.2. The van der Waals surface area contributed by atoms with Gasteiger partial charge in [-0.2, -0.15) is 0 Å². The molecular formula is C16H18FNO3. The molecule has 1 unspecified atom stereocenters. The van der Waals surface area contributed by atoms with E-state index in [-0.39, 0.29) is 30.7 Å². The van der Waals surface area contributed by atoms with E-state index in [0.717, 1.165) is 12.8 Å². The number of allylic oxidation sites excluding steroid dienone is 2. The van der Waals surface area contributed by atoms with Crippen LogP contribution < -0.4 is 0 Å². The minimum absolute atomic E-state index is 0.182.